The van der Waals surface area contributed by atoms with E-state index in [4.69, 9.17) is 39.9 Å². The van der Waals surface area contributed by atoms with Gasteiger partial charge in [-0.1, -0.05) is 46.9 Å². The largest absolute Gasteiger partial charge is 0.478 e. The van der Waals surface area contributed by atoms with E-state index in [9.17, 15) is 4.79 Å². The third-order valence-corrected chi connectivity index (χ3v) is 4.41. The molecule has 0 aliphatic carbocycles. The summed E-state index contributed by atoms with van der Waals surface area (Å²) in [6.07, 6.45) is 4.28. The summed E-state index contributed by atoms with van der Waals surface area (Å²) in [5.74, 6) is -1.15. The van der Waals surface area contributed by atoms with Crippen LogP contribution in [0.4, 0.5) is 0 Å². The second-order valence-electron chi connectivity index (χ2n) is 4.48. The predicted octanol–water partition coefficient (Wildman–Crippen LogP) is 5.38. The first-order valence-electron chi connectivity index (χ1n) is 6.10. The highest BCUT2D eigenvalue weighted by atomic mass is 35.5. The van der Waals surface area contributed by atoms with Crippen LogP contribution in [0.25, 0.3) is 22.0 Å². The maximum Gasteiger partial charge on any atom is 0.338 e. The topological polar surface area (TPSA) is 63.1 Å². The van der Waals surface area contributed by atoms with Crippen molar-refractivity contribution in [2.45, 2.75) is 0 Å². The number of nitrogens with zero attached hydrogens (tertiary/aromatic N) is 2. The fourth-order valence-electron chi connectivity index (χ4n) is 2.14. The van der Waals surface area contributed by atoms with Crippen molar-refractivity contribution in [2.75, 3.05) is 0 Å². The minimum absolute atomic E-state index is 0. The molecule has 0 amide bonds. The molecule has 2 heterocycles. The molecule has 118 valence electrons. The highest BCUT2D eigenvalue weighted by Gasteiger charge is 2.17. The number of pyridine rings is 2. The first-order chi connectivity index (χ1) is 10.5. The lowest BCUT2D eigenvalue weighted by atomic mass is 10.0. The van der Waals surface area contributed by atoms with Gasteiger partial charge in [0, 0.05) is 35.1 Å². The van der Waals surface area contributed by atoms with Crippen molar-refractivity contribution in [1.82, 2.24) is 9.97 Å². The SMILES string of the molecule is Cl.O=C(O)c1cnc2c(-c3cccc(Cl)c3Cl)cncc2c1Cl. The maximum atomic E-state index is 11.1. The van der Waals surface area contributed by atoms with Crippen LogP contribution in [0.2, 0.25) is 15.1 Å². The molecule has 8 heteroatoms. The summed E-state index contributed by atoms with van der Waals surface area (Å²) in [4.78, 5) is 19.4. The molecule has 1 aromatic carbocycles. The summed E-state index contributed by atoms with van der Waals surface area (Å²) in [7, 11) is 0. The van der Waals surface area contributed by atoms with E-state index in [1.54, 1.807) is 24.4 Å². The Morgan fingerprint density at radius 2 is 1.74 bits per heavy atom. The van der Waals surface area contributed by atoms with Crippen molar-refractivity contribution < 1.29 is 9.90 Å². The van der Waals surface area contributed by atoms with Crippen molar-refractivity contribution in [2.24, 2.45) is 0 Å². The smallest absolute Gasteiger partial charge is 0.338 e. The van der Waals surface area contributed by atoms with Gasteiger partial charge in [0.15, 0.2) is 0 Å². The van der Waals surface area contributed by atoms with E-state index in [2.05, 4.69) is 9.97 Å². The van der Waals surface area contributed by atoms with Crippen LogP contribution in [0.3, 0.4) is 0 Å². The quantitative estimate of drug-likeness (QED) is 0.639. The summed E-state index contributed by atoms with van der Waals surface area (Å²) < 4.78 is 0. The molecule has 0 bridgehead atoms. The van der Waals surface area contributed by atoms with E-state index in [0.29, 0.717) is 32.1 Å². The van der Waals surface area contributed by atoms with Gasteiger partial charge in [-0.3, -0.25) is 9.97 Å². The average Bonchev–Trinajstić information content (AvgIpc) is 2.50. The van der Waals surface area contributed by atoms with Gasteiger partial charge in [-0.25, -0.2) is 4.79 Å². The number of aromatic carboxylic acids is 1. The zero-order valence-corrected chi connectivity index (χ0v) is 14.3. The van der Waals surface area contributed by atoms with Crippen molar-refractivity contribution in [3.05, 3.63) is 57.4 Å². The molecule has 0 unspecified atom stereocenters. The predicted molar refractivity (Wildman–Crippen MR) is 94.2 cm³/mol. The molecule has 23 heavy (non-hydrogen) atoms. The van der Waals surface area contributed by atoms with Crippen LogP contribution in [-0.2, 0) is 0 Å². The number of rotatable bonds is 2. The summed E-state index contributed by atoms with van der Waals surface area (Å²) >= 11 is 18.4. The van der Waals surface area contributed by atoms with Gasteiger partial charge in [-0.15, -0.1) is 12.4 Å². The lowest BCUT2D eigenvalue weighted by Gasteiger charge is -2.10. The molecule has 1 N–H and O–H groups in total. The van der Waals surface area contributed by atoms with Crippen LogP contribution in [0, 0.1) is 0 Å². The second-order valence-corrected chi connectivity index (χ2v) is 5.64. The molecule has 0 saturated carbocycles. The molecule has 0 radical (unpaired) electrons. The molecular weight excluding hydrogens is 382 g/mol. The minimum Gasteiger partial charge on any atom is -0.478 e. The number of carboxylic acids is 1. The van der Waals surface area contributed by atoms with Gasteiger partial charge in [0.25, 0.3) is 0 Å². The number of carbonyl (C=O) groups is 1. The fraction of sp³-hybridized carbons (Fsp3) is 0. The third-order valence-electron chi connectivity index (χ3n) is 3.19. The Hall–Kier alpha value is -1.59. The Morgan fingerprint density at radius 1 is 1.00 bits per heavy atom. The van der Waals surface area contributed by atoms with Gasteiger partial charge in [0.05, 0.1) is 26.1 Å². The van der Waals surface area contributed by atoms with Gasteiger partial charge in [0.2, 0.25) is 0 Å². The van der Waals surface area contributed by atoms with Crippen LogP contribution >= 0.6 is 47.2 Å². The summed E-state index contributed by atoms with van der Waals surface area (Å²) in [6, 6.07) is 5.22. The second kappa shape index (κ2) is 6.89. The van der Waals surface area contributed by atoms with E-state index in [1.165, 1.54) is 12.4 Å². The molecule has 0 atom stereocenters. The number of aromatic nitrogens is 2. The van der Waals surface area contributed by atoms with Crippen LogP contribution in [0.1, 0.15) is 10.4 Å². The number of hydrogen-bond donors (Lipinski definition) is 1. The Balaban J connectivity index is 0.00000192. The monoisotopic (exact) mass is 388 g/mol. The highest BCUT2D eigenvalue weighted by Crippen LogP contribution is 2.37. The van der Waals surface area contributed by atoms with Crippen molar-refractivity contribution in [1.29, 1.82) is 0 Å². The normalized spacial score (nSPS) is 10.4. The lowest BCUT2D eigenvalue weighted by Crippen LogP contribution is -2.00. The van der Waals surface area contributed by atoms with Gasteiger partial charge < -0.3 is 5.11 Å². The standard InChI is InChI=1S/C15H7Cl3N2O2.ClH/c16-11-3-1-2-7(13(11)18)8-4-19-5-9-12(17)10(15(21)22)6-20-14(8)9;/h1-6H,(H,21,22);1H. The van der Waals surface area contributed by atoms with Gasteiger partial charge in [-0.2, -0.15) is 0 Å². The zero-order chi connectivity index (χ0) is 15.9. The summed E-state index contributed by atoms with van der Waals surface area (Å²) in [5, 5.41) is 10.4. The van der Waals surface area contributed by atoms with Crippen molar-refractivity contribution in [3.63, 3.8) is 0 Å². The fourth-order valence-corrected chi connectivity index (χ4v) is 2.81. The van der Waals surface area contributed by atoms with E-state index in [-0.39, 0.29) is 23.0 Å². The van der Waals surface area contributed by atoms with E-state index >= 15 is 0 Å². The molecule has 0 spiro atoms. The number of carboxylic acid groups (broad SMARTS) is 1. The van der Waals surface area contributed by atoms with E-state index in [1.807, 2.05) is 0 Å². The molecule has 4 nitrogen and oxygen atoms in total. The number of fused-ring (bicyclic) bond motifs is 1. The molecule has 0 aliphatic heterocycles. The lowest BCUT2D eigenvalue weighted by molar-refractivity contribution is 0.0697. The molecule has 3 rings (SSSR count). The summed E-state index contributed by atoms with van der Waals surface area (Å²) in [5.41, 5.74) is 1.71. The van der Waals surface area contributed by atoms with E-state index in [0.717, 1.165) is 0 Å². The van der Waals surface area contributed by atoms with Gasteiger partial charge >= 0.3 is 5.97 Å². The first-order valence-corrected chi connectivity index (χ1v) is 7.24. The number of hydrogen-bond acceptors (Lipinski definition) is 3. The Morgan fingerprint density at radius 3 is 2.43 bits per heavy atom. The number of benzene rings is 1. The molecule has 0 aliphatic rings. The van der Waals surface area contributed by atoms with Crippen molar-refractivity contribution >= 4 is 64.1 Å². The Labute approximate surface area is 152 Å². The minimum atomic E-state index is -1.15. The Bertz CT molecular complexity index is 915. The van der Waals surface area contributed by atoms with Crippen molar-refractivity contribution in [3.8, 4) is 11.1 Å². The molecule has 0 saturated heterocycles. The van der Waals surface area contributed by atoms with Gasteiger partial charge in [-0.05, 0) is 6.07 Å². The number of halogens is 4. The molecular formula is C15H8Cl4N2O2. The molecule has 3 aromatic rings. The third kappa shape index (κ3) is 3.08. The van der Waals surface area contributed by atoms with Gasteiger partial charge in [0.1, 0.15) is 0 Å². The van der Waals surface area contributed by atoms with Crippen LogP contribution < -0.4 is 0 Å². The average molecular weight is 390 g/mol. The van der Waals surface area contributed by atoms with Crippen LogP contribution in [0.15, 0.2) is 36.8 Å². The van der Waals surface area contributed by atoms with E-state index < -0.39 is 5.97 Å². The molecule has 2 aromatic heterocycles. The first kappa shape index (κ1) is 17.8. The maximum absolute atomic E-state index is 11.1. The summed E-state index contributed by atoms with van der Waals surface area (Å²) in [6.45, 7) is 0. The molecule has 0 fully saturated rings. The highest BCUT2D eigenvalue weighted by molar-refractivity contribution is 6.44. The zero-order valence-electron chi connectivity index (χ0n) is 11.3. The van der Waals surface area contributed by atoms with Crippen LogP contribution in [0.5, 0.6) is 0 Å². The van der Waals surface area contributed by atoms with Crippen LogP contribution in [-0.4, -0.2) is 21.0 Å². The Kier molecular flexibility index (Phi) is 5.32.